The molecule has 6 nitrogen and oxygen atoms in total. The number of hydrogen-bond acceptors (Lipinski definition) is 3. The number of carbonyl (C=O) groups excluding carboxylic acids is 1. The highest BCUT2D eigenvalue weighted by Crippen LogP contribution is 2.27. The number of amides is 1. The van der Waals surface area contributed by atoms with Crippen LogP contribution < -0.4 is 5.32 Å². The molecule has 0 radical (unpaired) electrons. The van der Waals surface area contributed by atoms with E-state index in [0.717, 1.165) is 10.0 Å². The van der Waals surface area contributed by atoms with Gasteiger partial charge in [-0.2, -0.15) is 10.2 Å². The summed E-state index contributed by atoms with van der Waals surface area (Å²) in [4.78, 5) is 12.4. The fourth-order valence-corrected chi connectivity index (χ4v) is 3.29. The van der Waals surface area contributed by atoms with E-state index >= 15 is 0 Å². The molecule has 136 valence electrons. The van der Waals surface area contributed by atoms with E-state index in [1.807, 2.05) is 0 Å². The number of halogens is 4. The molecular formula is C16H13BrCl3N5O. The van der Waals surface area contributed by atoms with Crippen LogP contribution in [-0.2, 0) is 11.3 Å². The predicted molar refractivity (Wildman–Crippen MR) is 106 cm³/mol. The second-order valence-corrected chi connectivity index (χ2v) is 7.66. The van der Waals surface area contributed by atoms with Gasteiger partial charge < -0.3 is 5.32 Å². The van der Waals surface area contributed by atoms with Crippen LogP contribution in [0.1, 0.15) is 18.5 Å². The van der Waals surface area contributed by atoms with Crippen LogP contribution >= 0.6 is 50.7 Å². The molecule has 3 aromatic rings. The van der Waals surface area contributed by atoms with Gasteiger partial charge in [-0.25, -0.2) is 0 Å². The van der Waals surface area contributed by atoms with E-state index in [4.69, 9.17) is 34.8 Å². The topological polar surface area (TPSA) is 64.7 Å². The Bertz CT molecular complexity index is 935. The molecule has 0 aliphatic carbocycles. The monoisotopic (exact) mass is 475 g/mol. The maximum atomic E-state index is 12.4. The minimum Gasteiger partial charge on any atom is -0.306 e. The van der Waals surface area contributed by atoms with Crippen LogP contribution in [0.3, 0.4) is 0 Å². The molecule has 0 saturated heterocycles. The number of anilines is 1. The summed E-state index contributed by atoms with van der Waals surface area (Å²) in [7, 11) is 0. The number of nitrogens with zero attached hydrogens (tertiary/aromatic N) is 4. The zero-order valence-corrected chi connectivity index (χ0v) is 17.3. The van der Waals surface area contributed by atoms with E-state index in [2.05, 4.69) is 31.4 Å². The van der Waals surface area contributed by atoms with Crippen LogP contribution in [0.15, 0.2) is 41.3 Å². The Labute approximate surface area is 173 Å². The van der Waals surface area contributed by atoms with Crippen LogP contribution in [0.5, 0.6) is 0 Å². The summed E-state index contributed by atoms with van der Waals surface area (Å²) >= 11 is 21.9. The molecule has 1 amide bonds. The lowest BCUT2D eigenvalue weighted by Crippen LogP contribution is -2.24. The van der Waals surface area contributed by atoms with E-state index in [-0.39, 0.29) is 11.7 Å². The summed E-state index contributed by atoms with van der Waals surface area (Å²) in [5, 5.41) is 12.5. The highest BCUT2D eigenvalue weighted by Gasteiger charge is 2.19. The van der Waals surface area contributed by atoms with Crippen molar-refractivity contribution in [2.75, 3.05) is 5.32 Å². The lowest BCUT2D eigenvalue weighted by molar-refractivity contribution is -0.119. The van der Waals surface area contributed by atoms with Crippen LogP contribution in [0.25, 0.3) is 0 Å². The van der Waals surface area contributed by atoms with Crippen LogP contribution in [0, 0.1) is 0 Å². The predicted octanol–water partition coefficient (Wildman–Crippen LogP) is 5.05. The summed E-state index contributed by atoms with van der Waals surface area (Å²) in [6.07, 6.45) is 4.93. The standard InChI is InChI=1S/C16H13BrCl3N5O/c1-9(25-6-10(17)5-21-25)16(26)22-15-14(20)8-24(23-15)7-11-12(18)3-2-4-13(11)19/h2-6,8-9H,7H2,1H3,(H,22,23,26). The first-order valence-electron chi connectivity index (χ1n) is 7.51. The van der Waals surface area contributed by atoms with E-state index in [1.165, 1.54) is 4.68 Å². The van der Waals surface area contributed by atoms with Gasteiger partial charge >= 0.3 is 0 Å². The fraction of sp³-hybridized carbons (Fsp3) is 0.188. The third-order valence-corrected chi connectivity index (χ3v) is 5.08. The summed E-state index contributed by atoms with van der Waals surface area (Å²) in [6.45, 7) is 2.05. The highest BCUT2D eigenvalue weighted by atomic mass is 79.9. The van der Waals surface area contributed by atoms with Gasteiger partial charge in [-0.1, -0.05) is 40.9 Å². The van der Waals surface area contributed by atoms with Crippen molar-refractivity contribution in [2.24, 2.45) is 0 Å². The SMILES string of the molecule is CC(C(=O)Nc1nn(Cc2c(Cl)cccc2Cl)cc1Cl)n1cc(Br)cn1. The minimum absolute atomic E-state index is 0.262. The van der Waals surface area contributed by atoms with E-state index in [0.29, 0.717) is 21.6 Å². The third kappa shape index (κ3) is 4.23. The zero-order valence-electron chi connectivity index (χ0n) is 13.5. The van der Waals surface area contributed by atoms with E-state index < -0.39 is 6.04 Å². The molecule has 0 bridgehead atoms. The van der Waals surface area contributed by atoms with Crippen molar-refractivity contribution in [3.8, 4) is 0 Å². The van der Waals surface area contributed by atoms with Crippen LogP contribution in [0.4, 0.5) is 5.82 Å². The van der Waals surface area contributed by atoms with Gasteiger partial charge in [-0.15, -0.1) is 0 Å². The van der Waals surface area contributed by atoms with Gasteiger partial charge in [-0.05, 0) is 35.0 Å². The maximum Gasteiger partial charge on any atom is 0.250 e. The number of aromatic nitrogens is 4. The average Bonchev–Trinajstić information content (AvgIpc) is 3.16. The summed E-state index contributed by atoms with van der Waals surface area (Å²) in [6, 6.07) is 4.74. The smallest absolute Gasteiger partial charge is 0.250 e. The van der Waals surface area contributed by atoms with Gasteiger partial charge in [0.25, 0.3) is 0 Å². The van der Waals surface area contributed by atoms with Crippen LogP contribution in [-0.4, -0.2) is 25.5 Å². The Morgan fingerprint density at radius 1 is 1.23 bits per heavy atom. The summed E-state index contributed by atoms with van der Waals surface area (Å²) in [5.74, 6) is -0.0264. The van der Waals surface area contributed by atoms with Crippen LogP contribution in [0.2, 0.25) is 15.1 Å². The number of carbonyl (C=O) groups is 1. The van der Waals surface area contributed by atoms with Gasteiger partial charge in [0.1, 0.15) is 11.1 Å². The molecule has 10 heteroatoms. The Hall–Kier alpha value is -1.54. The summed E-state index contributed by atoms with van der Waals surface area (Å²) in [5.41, 5.74) is 0.725. The Balaban J connectivity index is 1.75. The van der Waals surface area contributed by atoms with Crippen molar-refractivity contribution < 1.29 is 4.79 Å². The second kappa shape index (κ2) is 8.00. The van der Waals surface area contributed by atoms with Crippen molar-refractivity contribution in [3.05, 3.63) is 61.9 Å². The molecule has 1 atom stereocenters. The number of nitrogens with one attached hydrogen (secondary N) is 1. The van der Waals surface area contributed by atoms with Gasteiger partial charge in [-0.3, -0.25) is 14.2 Å². The lowest BCUT2D eigenvalue weighted by Gasteiger charge is -2.11. The van der Waals surface area contributed by atoms with E-state index in [1.54, 1.807) is 48.4 Å². The molecule has 1 aromatic carbocycles. The largest absolute Gasteiger partial charge is 0.306 e. The zero-order chi connectivity index (χ0) is 18.8. The first-order valence-corrected chi connectivity index (χ1v) is 9.44. The third-order valence-electron chi connectivity index (χ3n) is 3.69. The number of hydrogen-bond donors (Lipinski definition) is 1. The Morgan fingerprint density at radius 2 is 1.92 bits per heavy atom. The molecule has 2 aromatic heterocycles. The Morgan fingerprint density at radius 3 is 2.54 bits per heavy atom. The molecule has 0 fully saturated rings. The molecule has 0 saturated carbocycles. The molecule has 0 spiro atoms. The minimum atomic E-state index is -0.527. The second-order valence-electron chi connectivity index (χ2n) is 5.53. The van der Waals surface area contributed by atoms with Crippen molar-refractivity contribution in [1.82, 2.24) is 19.6 Å². The lowest BCUT2D eigenvalue weighted by atomic mass is 10.2. The van der Waals surface area contributed by atoms with Gasteiger partial charge in [0.2, 0.25) is 5.91 Å². The normalized spacial score (nSPS) is 12.2. The number of rotatable bonds is 5. The molecule has 0 aliphatic heterocycles. The average molecular weight is 478 g/mol. The molecule has 2 heterocycles. The van der Waals surface area contributed by atoms with Crippen molar-refractivity contribution >= 4 is 62.5 Å². The molecule has 0 aliphatic rings. The molecule has 1 unspecified atom stereocenters. The highest BCUT2D eigenvalue weighted by molar-refractivity contribution is 9.10. The first kappa shape index (κ1) is 19.2. The van der Waals surface area contributed by atoms with Crippen molar-refractivity contribution in [1.29, 1.82) is 0 Å². The van der Waals surface area contributed by atoms with Crippen molar-refractivity contribution in [2.45, 2.75) is 19.5 Å². The molecule has 1 N–H and O–H groups in total. The molecule has 3 rings (SSSR count). The van der Waals surface area contributed by atoms with E-state index in [9.17, 15) is 4.79 Å². The Kier molecular flexibility index (Phi) is 5.92. The fourth-order valence-electron chi connectivity index (χ4n) is 2.28. The quantitative estimate of drug-likeness (QED) is 0.559. The maximum absolute atomic E-state index is 12.4. The summed E-state index contributed by atoms with van der Waals surface area (Å²) < 4.78 is 3.89. The van der Waals surface area contributed by atoms with Gasteiger partial charge in [0, 0.05) is 28.0 Å². The number of benzene rings is 1. The molecule has 26 heavy (non-hydrogen) atoms. The van der Waals surface area contributed by atoms with Gasteiger partial charge in [0.15, 0.2) is 5.82 Å². The van der Waals surface area contributed by atoms with Gasteiger partial charge in [0.05, 0.1) is 17.2 Å². The molecular weight excluding hydrogens is 464 g/mol. The van der Waals surface area contributed by atoms with Crippen molar-refractivity contribution in [3.63, 3.8) is 0 Å². The first-order chi connectivity index (χ1) is 12.3.